The minimum atomic E-state index is -0.708. The molecule has 15 aromatic carbocycles. The summed E-state index contributed by atoms with van der Waals surface area (Å²) in [6.07, 6.45) is 0. The zero-order chi connectivity index (χ0) is 65.9. The van der Waals surface area contributed by atoms with Crippen LogP contribution in [0.1, 0.15) is 48.6 Å². The summed E-state index contributed by atoms with van der Waals surface area (Å²) in [4.78, 5) is 5.41. The molecular formula is C95H68BN3. The molecule has 1 aliphatic carbocycles. The first-order valence-electron chi connectivity index (χ1n) is 34.7. The molecule has 0 spiro atoms. The molecule has 0 saturated carbocycles. The van der Waals surface area contributed by atoms with Gasteiger partial charge in [-0.2, -0.15) is 0 Å². The Morgan fingerprint density at radius 2 is 0.707 bits per heavy atom. The van der Waals surface area contributed by atoms with Gasteiger partial charge in [0.15, 0.2) is 0 Å². The summed E-state index contributed by atoms with van der Waals surface area (Å²) in [5.74, 6) is 0. The summed E-state index contributed by atoms with van der Waals surface area (Å²) in [6.45, 7) is 6.85. The summed E-state index contributed by atoms with van der Waals surface area (Å²) in [6, 6.07) is 135. The van der Waals surface area contributed by atoms with Crippen LogP contribution >= 0.6 is 0 Å². The van der Waals surface area contributed by atoms with E-state index < -0.39 is 5.41 Å². The first kappa shape index (κ1) is 58.1. The van der Waals surface area contributed by atoms with Crippen LogP contribution in [-0.2, 0) is 10.8 Å². The first-order valence-corrected chi connectivity index (χ1v) is 34.7. The first-order chi connectivity index (χ1) is 48.8. The van der Waals surface area contributed by atoms with Gasteiger partial charge in [-0.15, -0.1) is 0 Å². The average molecular weight is 1260 g/mol. The van der Waals surface area contributed by atoms with Crippen molar-refractivity contribution in [2.75, 3.05) is 9.80 Å². The highest BCUT2D eigenvalue weighted by Crippen LogP contribution is 2.61. The standard InChI is InChI=1S/C95H68BN3/c1-94(2,3)70-55-58-86-83(61-70)96-82-57-56-71(97-84-53-26-23-44-78(84)79-45-24-27-54-85(79)97)62-87(82)99(93-75(65-35-14-6-15-36-65)49-30-50-76(93)66-37-16-7-17-38-66)89-60-67(59-88(91(89)96)98(86)92-73(63-31-10-4-11-32-63)47-29-48-74(92)64-33-12-5-13-34-64)72-46-28-51-80-77-43-22-25-52-81(77)95(90(72)80,68-39-18-8-19-40-68)69-41-20-9-21-42-69/h4-62H,1-3H3. The maximum absolute atomic E-state index is 2.72. The van der Waals surface area contributed by atoms with Crippen molar-refractivity contribution in [3.05, 3.63) is 386 Å². The molecular weight excluding hydrogens is 1190 g/mol. The number of rotatable bonds is 10. The van der Waals surface area contributed by atoms with E-state index in [4.69, 9.17) is 0 Å². The van der Waals surface area contributed by atoms with E-state index in [2.05, 4.69) is 393 Å². The monoisotopic (exact) mass is 1260 g/mol. The molecule has 0 saturated heterocycles. The minimum Gasteiger partial charge on any atom is -0.310 e. The number of nitrogens with zero attached hydrogens (tertiary/aromatic N) is 3. The van der Waals surface area contributed by atoms with E-state index in [1.54, 1.807) is 0 Å². The third-order valence-electron chi connectivity index (χ3n) is 21.4. The molecule has 0 amide bonds. The van der Waals surface area contributed by atoms with E-state index in [9.17, 15) is 0 Å². The van der Waals surface area contributed by atoms with Crippen molar-refractivity contribution in [1.29, 1.82) is 0 Å². The predicted molar refractivity (Wildman–Crippen MR) is 418 cm³/mol. The van der Waals surface area contributed by atoms with Crippen molar-refractivity contribution < 1.29 is 0 Å². The molecule has 0 bridgehead atoms. The predicted octanol–water partition coefficient (Wildman–Crippen LogP) is 22.9. The van der Waals surface area contributed by atoms with Crippen LogP contribution in [0, 0.1) is 0 Å². The van der Waals surface area contributed by atoms with E-state index in [0.717, 1.165) is 89.9 Å². The van der Waals surface area contributed by atoms with E-state index >= 15 is 0 Å². The second kappa shape index (κ2) is 23.0. The van der Waals surface area contributed by atoms with Crippen LogP contribution in [0.4, 0.5) is 34.1 Å². The van der Waals surface area contributed by atoms with Crippen LogP contribution in [0.2, 0.25) is 0 Å². The maximum Gasteiger partial charge on any atom is 0.252 e. The molecule has 0 unspecified atom stereocenters. The SMILES string of the molecule is CC(C)(C)c1ccc2c(c1)B1c3ccc(-n4c5ccccc5c5ccccc54)cc3N(c3c(-c4ccccc4)cccc3-c3ccccc3)c3cc(-c4cccc5c4C(c4ccccc4)(c4ccccc4)c4ccccc4-5)cc(c31)N2c1c(-c2ccccc2)cccc1-c1ccccc1. The van der Waals surface area contributed by atoms with Crippen LogP contribution in [0.15, 0.2) is 358 Å². The third-order valence-corrected chi connectivity index (χ3v) is 21.4. The summed E-state index contributed by atoms with van der Waals surface area (Å²) in [5.41, 5.74) is 33.2. The van der Waals surface area contributed by atoms with Gasteiger partial charge < -0.3 is 14.4 Å². The highest BCUT2D eigenvalue weighted by Gasteiger charge is 2.50. The van der Waals surface area contributed by atoms with Gasteiger partial charge in [-0.3, -0.25) is 0 Å². The molecule has 0 N–H and O–H groups in total. The van der Waals surface area contributed by atoms with Gasteiger partial charge in [-0.1, -0.05) is 336 Å². The number of anilines is 6. The fourth-order valence-electron chi connectivity index (χ4n) is 17.1. The fourth-order valence-corrected chi connectivity index (χ4v) is 17.1. The van der Waals surface area contributed by atoms with Gasteiger partial charge in [0, 0.05) is 61.5 Å². The summed E-state index contributed by atoms with van der Waals surface area (Å²) < 4.78 is 2.50. The Hall–Kier alpha value is -12.2. The lowest BCUT2D eigenvalue weighted by molar-refractivity contribution is 0.591. The molecule has 4 heteroatoms. The third kappa shape index (κ3) is 8.99. The number of aromatic nitrogens is 1. The molecule has 3 aliphatic rings. The van der Waals surface area contributed by atoms with Crippen LogP contribution in [0.5, 0.6) is 0 Å². The molecule has 2 aliphatic heterocycles. The Morgan fingerprint density at radius 3 is 1.20 bits per heavy atom. The highest BCUT2D eigenvalue weighted by atomic mass is 15.2. The Balaban J connectivity index is 1.02. The zero-order valence-corrected chi connectivity index (χ0v) is 55.5. The fraction of sp³-hybridized carbons (Fsp3) is 0.0526. The van der Waals surface area contributed by atoms with Crippen molar-refractivity contribution in [2.24, 2.45) is 0 Å². The van der Waals surface area contributed by atoms with Gasteiger partial charge in [0.25, 0.3) is 6.71 Å². The van der Waals surface area contributed by atoms with Gasteiger partial charge >= 0.3 is 0 Å². The number of benzene rings is 15. The van der Waals surface area contributed by atoms with E-state index in [1.165, 1.54) is 82.7 Å². The number of para-hydroxylation sites is 4. The zero-order valence-electron chi connectivity index (χ0n) is 55.5. The lowest BCUT2D eigenvalue weighted by Crippen LogP contribution is -2.61. The van der Waals surface area contributed by atoms with Crippen molar-refractivity contribution in [3.8, 4) is 72.4 Å². The molecule has 0 radical (unpaired) electrons. The number of hydrogen-bond acceptors (Lipinski definition) is 2. The number of hydrogen-bond donors (Lipinski definition) is 0. The minimum absolute atomic E-state index is 0.178. The van der Waals surface area contributed by atoms with Crippen LogP contribution < -0.4 is 26.2 Å². The topological polar surface area (TPSA) is 11.4 Å². The molecule has 0 atom stereocenters. The summed E-state index contributed by atoms with van der Waals surface area (Å²) >= 11 is 0. The molecule has 0 fully saturated rings. The largest absolute Gasteiger partial charge is 0.310 e. The highest BCUT2D eigenvalue weighted by molar-refractivity contribution is 7.00. The normalized spacial score (nSPS) is 13.2. The van der Waals surface area contributed by atoms with Crippen molar-refractivity contribution >= 4 is 79.0 Å². The van der Waals surface area contributed by atoms with Gasteiger partial charge in [-0.25, -0.2) is 0 Å². The lowest BCUT2D eigenvalue weighted by atomic mass is 9.33. The molecule has 1 aromatic heterocycles. The second-order valence-corrected chi connectivity index (χ2v) is 27.8. The average Bonchev–Trinajstić information content (AvgIpc) is 1.68. The Bertz CT molecular complexity index is 5630. The van der Waals surface area contributed by atoms with Crippen molar-refractivity contribution in [2.45, 2.75) is 31.6 Å². The molecule has 3 heterocycles. The Labute approximate surface area is 579 Å². The smallest absolute Gasteiger partial charge is 0.252 e. The summed E-state index contributed by atoms with van der Waals surface area (Å²) in [7, 11) is 0. The van der Waals surface area contributed by atoms with Gasteiger partial charge in [0.1, 0.15) is 0 Å². The lowest BCUT2D eigenvalue weighted by Gasteiger charge is -2.46. The van der Waals surface area contributed by atoms with Crippen LogP contribution in [0.25, 0.3) is 94.3 Å². The maximum atomic E-state index is 2.72. The molecule has 3 nitrogen and oxygen atoms in total. The molecule has 16 aromatic rings. The van der Waals surface area contributed by atoms with E-state index in [1.807, 2.05) is 0 Å². The van der Waals surface area contributed by atoms with Gasteiger partial charge in [0.2, 0.25) is 0 Å². The molecule has 466 valence electrons. The van der Waals surface area contributed by atoms with E-state index in [0.29, 0.717) is 0 Å². The van der Waals surface area contributed by atoms with Gasteiger partial charge in [-0.05, 0) is 137 Å². The van der Waals surface area contributed by atoms with E-state index in [-0.39, 0.29) is 12.1 Å². The molecule has 19 rings (SSSR count). The van der Waals surface area contributed by atoms with Crippen molar-refractivity contribution in [1.82, 2.24) is 4.57 Å². The van der Waals surface area contributed by atoms with Crippen LogP contribution in [-0.4, -0.2) is 11.3 Å². The van der Waals surface area contributed by atoms with Gasteiger partial charge in [0.05, 0.1) is 27.8 Å². The second-order valence-electron chi connectivity index (χ2n) is 27.8. The van der Waals surface area contributed by atoms with Crippen LogP contribution in [0.3, 0.4) is 0 Å². The Kier molecular flexibility index (Phi) is 13.5. The Morgan fingerprint density at radius 1 is 0.293 bits per heavy atom. The quantitative estimate of drug-likeness (QED) is 0.126. The van der Waals surface area contributed by atoms with Crippen molar-refractivity contribution in [3.63, 3.8) is 0 Å². The molecule has 99 heavy (non-hydrogen) atoms. The number of fused-ring (bicyclic) bond motifs is 10. The summed E-state index contributed by atoms with van der Waals surface area (Å²) in [5, 5.41) is 2.45.